The smallest absolute Gasteiger partial charge is 0.137 e. The van der Waals surface area contributed by atoms with E-state index in [0.29, 0.717) is 0 Å². The van der Waals surface area contributed by atoms with Crippen molar-refractivity contribution in [3.63, 3.8) is 0 Å². The Morgan fingerprint density at radius 3 is 1.20 bits per heavy atom. The standard InChI is InChI=1S/C5H8O2.Ba.2H2O/c1-4(6)3-5(2)7;;;/h3H2,1-2H3;;2*1H2. The molecule has 0 atom stereocenters. The van der Waals surface area contributed by atoms with E-state index in [1.54, 1.807) is 0 Å². The Morgan fingerprint density at radius 1 is 1.00 bits per heavy atom. The van der Waals surface area contributed by atoms with Gasteiger partial charge in [-0.3, -0.25) is 9.59 Å². The summed E-state index contributed by atoms with van der Waals surface area (Å²) in [4.78, 5) is 20.1. The molecular formula is C5H12BaO4. The molecule has 4 nitrogen and oxygen atoms in total. The van der Waals surface area contributed by atoms with Crippen LogP contribution in [0.15, 0.2) is 0 Å². The van der Waals surface area contributed by atoms with Gasteiger partial charge in [-0.05, 0) is 13.8 Å². The predicted molar refractivity (Wildman–Crippen MR) is 39.0 cm³/mol. The van der Waals surface area contributed by atoms with Crippen molar-refractivity contribution in [2.24, 2.45) is 0 Å². The van der Waals surface area contributed by atoms with Crippen molar-refractivity contribution in [3.05, 3.63) is 0 Å². The minimum absolute atomic E-state index is 0. The molecular weight excluding hydrogens is 261 g/mol. The zero-order chi connectivity index (χ0) is 5.86. The molecule has 0 aliphatic heterocycles. The van der Waals surface area contributed by atoms with Gasteiger partial charge < -0.3 is 11.0 Å². The molecule has 0 bridgehead atoms. The van der Waals surface area contributed by atoms with Gasteiger partial charge in [0.15, 0.2) is 0 Å². The molecule has 0 spiro atoms. The second kappa shape index (κ2) is 12.5. The van der Waals surface area contributed by atoms with Gasteiger partial charge in [-0.25, -0.2) is 0 Å². The molecule has 0 unspecified atom stereocenters. The second-order valence-corrected chi connectivity index (χ2v) is 1.58. The molecule has 0 amide bonds. The van der Waals surface area contributed by atoms with E-state index in [0.717, 1.165) is 0 Å². The fraction of sp³-hybridized carbons (Fsp3) is 0.600. The van der Waals surface area contributed by atoms with Gasteiger partial charge in [0.1, 0.15) is 11.6 Å². The molecule has 58 valence electrons. The maximum atomic E-state index is 10.0. The van der Waals surface area contributed by atoms with Crippen LogP contribution >= 0.6 is 0 Å². The summed E-state index contributed by atoms with van der Waals surface area (Å²) < 4.78 is 0. The first kappa shape index (κ1) is 22.4. The molecule has 0 aliphatic carbocycles. The van der Waals surface area contributed by atoms with E-state index in [9.17, 15) is 9.59 Å². The zero-order valence-electron chi connectivity index (χ0n) is 6.23. The van der Waals surface area contributed by atoms with Gasteiger partial charge in [0.2, 0.25) is 0 Å². The zero-order valence-corrected chi connectivity index (χ0v) is 10.7. The van der Waals surface area contributed by atoms with Gasteiger partial charge in [0.25, 0.3) is 0 Å². The number of carbonyl (C=O) groups is 2. The fourth-order valence-electron chi connectivity index (χ4n) is 0.351. The van der Waals surface area contributed by atoms with E-state index in [1.807, 2.05) is 0 Å². The summed E-state index contributed by atoms with van der Waals surface area (Å²) in [7, 11) is 0. The third-order valence-corrected chi connectivity index (χ3v) is 0.498. The monoisotopic (exact) mass is 274 g/mol. The molecule has 0 saturated heterocycles. The molecule has 5 heteroatoms. The maximum Gasteiger partial charge on any atom is 0.137 e. The van der Waals surface area contributed by atoms with Gasteiger partial charge in [0, 0.05) is 48.9 Å². The SMILES string of the molecule is CC(=O)CC(C)=O.O.O.[Ba]. The van der Waals surface area contributed by atoms with Crippen molar-refractivity contribution in [1.29, 1.82) is 0 Å². The summed E-state index contributed by atoms with van der Waals surface area (Å²) in [5, 5.41) is 0. The molecule has 4 N–H and O–H groups in total. The van der Waals surface area contributed by atoms with E-state index < -0.39 is 0 Å². The molecule has 0 saturated carbocycles. The Morgan fingerprint density at radius 2 is 1.20 bits per heavy atom. The van der Waals surface area contributed by atoms with Crippen LogP contribution in [0.25, 0.3) is 0 Å². The first-order valence-electron chi connectivity index (χ1n) is 2.12. The van der Waals surface area contributed by atoms with E-state index in [-0.39, 0.29) is 77.8 Å². The molecule has 0 aromatic carbocycles. The number of Topliss-reactive ketones (excluding diaryl/α,β-unsaturated/α-hetero) is 2. The predicted octanol–water partition coefficient (Wildman–Crippen LogP) is -1.48. The minimum Gasteiger partial charge on any atom is -0.412 e. The first-order valence-corrected chi connectivity index (χ1v) is 2.12. The Hall–Kier alpha value is 0.831. The van der Waals surface area contributed by atoms with Crippen molar-refractivity contribution in [2.45, 2.75) is 20.3 Å². The van der Waals surface area contributed by atoms with Crippen molar-refractivity contribution >= 4 is 60.4 Å². The Bertz CT molecular complexity index is 89.8. The summed E-state index contributed by atoms with van der Waals surface area (Å²) in [5.41, 5.74) is 0. The third kappa shape index (κ3) is 23.2. The van der Waals surface area contributed by atoms with Crippen LogP contribution in [-0.4, -0.2) is 71.4 Å². The number of hydrogen-bond donors (Lipinski definition) is 0. The molecule has 0 aliphatic rings. The van der Waals surface area contributed by atoms with Crippen LogP contribution in [0.2, 0.25) is 0 Å². The number of ketones is 2. The van der Waals surface area contributed by atoms with Crippen LogP contribution in [-0.2, 0) is 9.59 Å². The van der Waals surface area contributed by atoms with Gasteiger partial charge in [-0.2, -0.15) is 0 Å². The Kier molecular flexibility index (Phi) is 28.0. The van der Waals surface area contributed by atoms with Crippen LogP contribution in [0.4, 0.5) is 0 Å². The van der Waals surface area contributed by atoms with Crippen molar-refractivity contribution < 1.29 is 20.5 Å². The molecule has 10 heavy (non-hydrogen) atoms. The van der Waals surface area contributed by atoms with Crippen LogP contribution < -0.4 is 0 Å². The molecule has 0 fully saturated rings. The van der Waals surface area contributed by atoms with Crippen LogP contribution in [0.3, 0.4) is 0 Å². The quantitative estimate of drug-likeness (QED) is 0.453. The average molecular weight is 273 g/mol. The topological polar surface area (TPSA) is 97.1 Å². The van der Waals surface area contributed by atoms with E-state index in [4.69, 9.17) is 0 Å². The van der Waals surface area contributed by atoms with E-state index in [1.165, 1.54) is 13.8 Å². The summed E-state index contributed by atoms with van der Waals surface area (Å²) in [5.74, 6) is -0.125. The van der Waals surface area contributed by atoms with Crippen molar-refractivity contribution in [3.8, 4) is 0 Å². The van der Waals surface area contributed by atoms with Crippen LogP contribution in [0, 0.1) is 0 Å². The molecule has 2 radical (unpaired) electrons. The first-order chi connectivity index (χ1) is 3.13. The number of rotatable bonds is 2. The Balaban J connectivity index is -0.0000000600. The summed E-state index contributed by atoms with van der Waals surface area (Å²) in [6, 6.07) is 0. The normalized spacial score (nSPS) is 5.80. The van der Waals surface area contributed by atoms with Gasteiger partial charge in [0.05, 0.1) is 6.42 Å². The molecule has 0 aromatic heterocycles. The number of carbonyl (C=O) groups excluding carboxylic acids is 2. The molecule has 0 rings (SSSR count). The van der Waals surface area contributed by atoms with E-state index in [2.05, 4.69) is 0 Å². The van der Waals surface area contributed by atoms with Crippen LogP contribution in [0.1, 0.15) is 20.3 Å². The number of hydrogen-bond acceptors (Lipinski definition) is 2. The largest absolute Gasteiger partial charge is 0.412 e. The molecule has 0 aromatic rings. The van der Waals surface area contributed by atoms with Gasteiger partial charge in [-0.1, -0.05) is 0 Å². The summed E-state index contributed by atoms with van der Waals surface area (Å²) in [6.07, 6.45) is 0.0833. The average Bonchev–Trinajstić information content (AvgIpc) is 1.27. The third-order valence-electron chi connectivity index (χ3n) is 0.498. The maximum absolute atomic E-state index is 10.0. The molecule has 0 heterocycles. The summed E-state index contributed by atoms with van der Waals surface area (Å²) in [6.45, 7) is 2.81. The van der Waals surface area contributed by atoms with Crippen LogP contribution in [0.5, 0.6) is 0 Å². The van der Waals surface area contributed by atoms with E-state index >= 15 is 0 Å². The van der Waals surface area contributed by atoms with Gasteiger partial charge >= 0.3 is 0 Å². The Labute approximate surface area is 100 Å². The van der Waals surface area contributed by atoms with Gasteiger partial charge in [-0.15, -0.1) is 0 Å². The van der Waals surface area contributed by atoms with Crippen molar-refractivity contribution in [2.75, 3.05) is 0 Å². The minimum atomic E-state index is -0.0625. The summed E-state index contributed by atoms with van der Waals surface area (Å²) >= 11 is 0. The second-order valence-electron chi connectivity index (χ2n) is 1.58. The van der Waals surface area contributed by atoms with Crippen molar-refractivity contribution in [1.82, 2.24) is 0 Å². The fourth-order valence-corrected chi connectivity index (χ4v) is 0.351.